The average Bonchev–Trinajstić information content (AvgIpc) is 3.53. The van der Waals surface area contributed by atoms with Gasteiger partial charge in [0.05, 0.1) is 5.69 Å². The Balaban J connectivity index is 1.17. The number of amides is 2. The third-order valence-corrected chi connectivity index (χ3v) is 5.79. The van der Waals surface area contributed by atoms with Gasteiger partial charge >= 0.3 is 0 Å². The molecule has 0 unspecified atom stereocenters. The summed E-state index contributed by atoms with van der Waals surface area (Å²) in [6.07, 6.45) is 3.10. The SMILES string of the molecule is Cn1cccc1-c1cc2n(n1)CCCN2C(=O)CCC(=O)NCc1ccc2c(c1)OCO2. The Hall–Kier alpha value is -3.75. The van der Waals surface area contributed by atoms with Gasteiger partial charge in [-0.1, -0.05) is 6.07 Å². The van der Waals surface area contributed by atoms with Crippen LogP contribution in [0.4, 0.5) is 5.82 Å². The lowest BCUT2D eigenvalue weighted by Gasteiger charge is -2.27. The molecule has 2 aliphatic rings. The number of nitrogens with one attached hydrogen (secondary N) is 1. The van der Waals surface area contributed by atoms with E-state index in [0.29, 0.717) is 24.6 Å². The van der Waals surface area contributed by atoms with Gasteiger partial charge in [0.2, 0.25) is 18.6 Å². The van der Waals surface area contributed by atoms with Crippen molar-refractivity contribution in [2.45, 2.75) is 32.4 Å². The number of fused-ring (bicyclic) bond motifs is 2. The number of rotatable bonds is 6. The van der Waals surface area contributed by atoms with Crippen molar-refractivity contribution in [2.24, 2.45) is 7.05 Å². The van der Waals surface area contributed by atoms with E-state index in [2.05, 4.69) is 10.4 Å². The zero-order valence-electron chi connectivity index (χ0n) is 17.9. The lowest BCUT2D eigenvalue weighted by molar-refractivity contribution is -0.125. The van der Waals surface area contributed by atoms with E-state index in [1.54, 1.807) is 4.90 Å². The summed E-state index contributed by atoms with van der Waals surface area (Å²) in [7, 11) is 1.97. The highest BCUT2D eigenvalue weighted by molar-refractivity contribution is 5.95. The summed E-state index contributed by atoms with van der Waals surface area (Å²) in [5.74, 6) is 1.96. The minimum Gasteiger partial charge on any atom is -0.454 e. The first-order chi connectivity index (χ1) is 15.6. The summed E-state index contributed by atoms with van der Waals surface area (Å²) in [6.45, 7) is 2.00. The zero-order chi connectivity index (χ0) is 22.1. The number of benzene rings is 1. The van der Waals surface area contributed by atoms with Gasteiger partial charge in [-0.05, 0) is 36.2 Å². The molecule has 2 aromatic heterocycles. The van der Waals surface area contributed by atoms with Crippen LogP contribution in [0.25, 0.3) is 11.4 Å². The van der Waals surface area contributed by atoms with Gasteiger partial charge in [-0.15, -0.1) is 0 Å². The number of aryl methyl sites for hydroxylation is 2. The summed E-state index contributed by atoms with van der Waals surface area (Å²) >= 11 is 0. The summed E-state index contributed by atoms with van der Waals surface area (Å²) in [6, 6.07) is 11.5. The van der Waals surface area contributed by atoms with Crippen molar-refractivity contribution in [3.63, 3.8) is 0 Å². The Bertz CT molecular complexity index is 1170. The molecule has 9 heteroatoms. The fraction of sp³-hybridized carbons (Fsp3) is 0.348. The predicted octanol–water partition coefficient (Wildman–Crippen LogP) is 2.45. The first kappa shape index (κ1) is 20.2. The van der Waals surface area contributed by atoms with Crippen LogP contribution in [-0.2, 0) is 29.7 Å². The van der Waals surface area contributed by atoms with Crippen LogP contribution in [0.2, 0.25) is 0 Å². The molecule has 4 heterocycles. The first-order valence-corrected chi connectivity index (χ1v) is 10.7. The normalized spacial score (nSPS) is 14.3. The highest BCUT2D eigenvalue weighted by Gasteiger charge is 2.25. The van der Waals surface area contributed by atoms with E-state index in [9.17, 15) is 9.59 Å². The number of anilines is 1. The second-order valence-corrected chi connectivity index (χ2v) is 7.98. The number of carbonyl (C=O) groups is 2. The molecule has 0 aliphatic carbocycles. The minimum atomic E-state index is -0.161. The molecule has 9 nitrogen and oxygen atoms in total. The van der Waals surface area contributed by atoms with Gasteiger partial charge in [0.1, 0.15) is 11.5 Å². The Kier molecular flexibility index (Phi) is 5.30. The van der Waals surface area contributed by atoms with Crippen LogP contribution < -0.4 is 19.7 Å². The number of hydrogen-bond acceptors (Lipinski definition) is 5. The maximum absolute atomic E-state index is 12.9. The fourth-order valence-corrected chi connectivity index (χ4v) is 4.08. The van der Waals surface area contributed by atoms with E-state index in [1.807, 2.05) is 58.9 Å². The Morgan fingerprint density at radius 1 is 1.09 bits per heavy atom. The molecule has 166 valence electrons. The average molecular weight is 435 g/mol. The number of carbonyl (C=O) groups excluding carboxylic acids is 2. The van der Waals surface area contributed by atoms with E-state index in [-0.39, 0.29) is 31.4 Å². The number of nitrogens with zero attached hydrogens (tertiary/aromatic N) is 4. The number of hydrogen-bond donors (Lipinski definition) is 1. The molecule has 0 saturated carbocycles. The summed E-state index contributed by atoms with van der Waals surface area (Å²) in [4.78, 5) is 27.0. The van der Waals surface area contributed by atoms with Crippen LogP contribution in [0, 0.1) is 0 Å². The van der Waals surface area contributed by atoms with E-state index < -0.39 is 0 Å². The molecule has 0 fully saturated rings. The predicted molar refractivity (Wildman–Crippen MR) is 117 cm³/mol. The monoisotopic (exact) mass is 435 g/mol. The maximum atomic E-state index is 12.9. The summed E-state index contributed by atoms with van der Waals surface area (Å²) in [5.41, 5.74) is 2.76. The summed E-state index contributed by atoms with van der Waals surface area (Å²) < 4.78 is 14.5. The molecule has 32 heavy (non-hydrogen) atoms. The molecule has 2 aliphatic heterocycles. The number of aromatic nitrogens is 3. The topological polar surface area (TPSA) is 90.6 Å². The highest BCUT2D eigenvalue weighted by Crippen LogP contribution is 2.32. The Labute approximate surface area is 185 Å². The summed E-state index contributed by atoms with van der Waals surface area (Å²) in [5, 5.41) is 7.54. The van der Waals surface area contributed by atoms with Crippen molar-refractivity contribution in [3.05, 3.63) is 48.2 Å². The van der Waals surface area contributed by atoms with Gasteiger partial charge in [0, 0.05) is 51.8 Å². The van der Waals surface area contributed by atoms with Crippen LogP contribution in [0.5, 0.6) is 11.5 Å². The molecule has 0 spiro atoms. The van der Waals surface area contributed by atoms with E-state index in [1.165, 1.54) is 0 Å². The fourth-order valence-electron chi connectivity index (χ4n) is 4.08. The van der Waals surface area contributed by atoms with Crippen LogP contribution in [0.3, 0.4) is 0 Å². The molecule has 1 N–H and O–H groups in total. The zero-order valence-corrected chi connectivity index (χ0v) is 17.9. The third kappa shape index (κ3) is 3.93. The largest absolute Gasteiger partial charge is 0.454 e. The molecule has 2 amide bonds. The standard InChI is InChI=1S/C23H25N5O4/c1-26-9-2-4-18(26)17-13-22-27(10-3-11-28(22)25-17)23(30)8-7-21(29)24-14-16-5-6-19-20(12-16)32-15-31-19/h2,4-6,9,12-13H,3,7-8,10-11,14-15H2,1H3,(H,24,29). The Morgan fingerprint density at radius 3 is 2.81 bits per heavy atom. The van der Waals surface area contributed by atoms with Crippen LogP contribution >= 0.6 is 0 Å². The molecule has 3 aromatic rings. The Morgan fingerprint density at radius 2 is 1.97 bits per heavy atom. The van der Waals surface area contributed by atoms with Gasteiger partial charge < -0.3 is 19.4 Å². The van der Waals surface area contributed by atoms with Gasteiger partial charge in [0.25, 0.3) is 0 Å². The minimum absolute atomic E-state index is 0.0671. The van der Waals surface area contributed by atoms with E-state index >= 15 is 0 Å². The van der Waals surface area contributed by atoms with Crippen LogP contribution in [-0.4, -0.2) is 39.5 Å². The molecule has 0 atom stereocenters. The molecule has 0 saturated heterocycles. The van der Waals surface area contributed by atoms with Crippen molar-refractivity contribution in [3.8, 4) is 22.9 Å². The van der Waals surface area contributed by atoms with Crippen molar-refractivity contribution >= 4 is 17.6 Å². The third-order valence-electron chi connectivity index (χ3n) is 5.79. The molecule has 1 aromatic carbocycles. The van der Waals surface area contributed by atoms with Crippen LogP contribution in [0.1, 0.15) is 24.8 Å². The van der Waals surface area contributed by atoms with E-state index in [4.69, 9.17) is 9.47 Å². The molecule has 0 radical (unpaired) electrons. The number of ether oxygens (including phenoxy) is 2. The smallest absolute Gasteiger partial charge is 0.231 e. The second kappa shape index (κ2) is 8.41. The van der Waals surface area contributed by atoms with Gasteiger partial charge in [-0.2, -0.15) is 5.10 Å². The maximum Gasteiger partial charge on any atom is 0.231 e. The molecular weight excluding hydrogens is 410 g/mol. The van der Waals surface area contributed by atoms with Crippen molar-refractivity contribution < 1.29 is 19.1 Å². The van der Waals surface area contributed by atoms with Crippen molar-refractivity contribution in [2.75, 3.05) is 18.2 Å². The van der Waals surface area contributed by atoms with Gasteiger partial charge in [-0.3, -0.25) is 14.5 Å². The van der Waals surface area contributed by atoms with Crippen LogP contribution in [0.15, 0.2) is 42.6 Å². The van der Waals surface area contributed by atoms with Gasteiger partial charge in [-0.25, -0.2) is 4.68 Å². The molecular formula is C23H25N5O4. The van der Waals surface area contributed by atoms with Gasteiger partial charge in [0.15, 0.2) is 11.5 Å². The lowest BCUT2D eigenvalue weighted by Crippen LogP contribution is -2.38. The molecule has 5 rings (SSSR count). The van der Waals surface area contributed by atoms with E-state index in [0.717, 1.165) is 35.7 Å². The van der Waals surface area contributed by atoms with Crippen molar-refractivity contribution in [1.82, 2.24) is 19.7 Å². The lowest BCUT2D eigenvalue weighted by atomic mass is 10.2. The first-order valence-electron chi connectivity index (χ1n) is 10.7. The second-order valence-electron chi connectivity index (χ2n) is 7.98. The van der Waals surface area contributed by atoms with Crippen molar-refractivity contribution in [1.29, 1.82) is 0 Å². The molecule has 0 bridgehead atoms. The quantitative estimate of drug-likeness (QED) is 0.642. The highest BCUT2D eigenvalue weighted by atomic mass is 16.7.